The largest absolute Gasteiger partial charge is 0.313 e. The smallest absolute Gasteiger partial charge is 0.0168 e. The molecule has 2 heteroatoms. The maximum absolute atomic E-state index is 3.71. The minimum atomic E-state index is 0.807. The van der Waals surface area contributed by atoms with E-state index in [2.05, 4.69) is 30.9 Å². The molecule has 2 aliphatic rings. The molecule has 1 N–H and O–H groups in total. The molecule has 1 heterocycles. The zero-order valence-corrected chi connectivity index (χ0v) is 9.57. The highest BCUT2D eigenvalue weighted by atomic mass is 32.2. The molecule has 1 aliphatic heterocycles. The maximum Gasteiger partial charge on any atom is 0.0168 e. The summed E-state index contributed by atoms with van der Waals surface area (Å²) in [6.07, 6.45) is 4.35. The first kappa shape index (κ1) is 9.85. The van der Waals surface area contributed by atoms with Gasteiger partial charge in [0.05, 0.1) is 0 Å². The van der Waals surface area contributed by atoms with E-state index in [0.29, 0.717) is 0 Å². The summed E-state index contributed by atoms with van der Waals surface area (Å²) in [5.41, 5.74) is 0. The maximum atomic E-state index is 3.71. The van der Waals surface area contributed by atoms with E-state index < -0.39 is 0 Å². The molecule has 0 amide bonds. The van der Waals surface area contributed by atoms with Gasteiger partial charge in [-0.15, -0.1) is 0 Å². The van der Waals surface area contributed by atoms with Gasteiger partial charge < -0.3 is 5.32 Å². The average Bonchev–Trinajstić information content (AvgIpc) is 2.87. The predicted octanol–water partition coefficient (Wildman–Crippen LogP) is 2.52. The van der Waals surface area contributed by atoms with Crippen LogP contribution < -0.4 is 5.32 Å². The topological polar surface area (TPSA) is 12.0 Å². The molecule has 0 aromatic carbocycles. The Kier molecular flexibility index (Phi) is 3.20. The van der Waals surface area contributed by atoms with Crippen LogP contribution >= 0.6 is 11.8 Å². The van der Waals surface area contributed by atoms with Gasteiger partial charge in [0.25, 0.3) is 0 Å². The number of rotatable bonds is 4. The van der Waals surface area contributed by atoms with Crippen molar-refractivity contribution >= 4 is 11.8 Å². The van der Waals surface area contributed by atoms with E-state index in [4.69, 9.17) is 0 Å². The van der Waals surface area contributed by atoms with Crippen LogP contribution in [0.4, 0.5) is 0 Å². The van der Waals surface area contributed by atoms with Crippen molar-refractivity contribution in [2.75, 3.05) is 12.3 Å². The van der Waals surface area contributed by atoms with Gasteiger partial charge in [0.2, 0.25) is 0 Å². The van der Waals surface area contributed by atoms with E-state index in [1.807, 2.05) is 0 Å². The van der Waals surface area contributed by atoms with E-state index >= 15 is 0 Å². The van der Waals surface area contributed by atoms with Crippen LogP contribution in [0.3, 0.4) is 0 Å². The molecule has 13 heavy (non-hydrogen) atoms. The molecule has 0 bridgehead atoms. The SMILES string of the molecule is CC1CC(NCC(C)C2CC2)CS1. The Morgan fingerprint density at radius 1 is 1.46 bits per heavy atom. The van der Waals surface area contributed by atoms with Gasteiger partial charge in [-0.2, -0.15) is 11.8 Å². The molecule has 0 radical (unpaired) electrons. The lowest BCUT2D eigenvalue weighted by Gasteiger charge is -2.15. The Hall–Kier alpha value is 0.310. The number of nitrogens with one attached hydrogen (secondary N) is 1. The molecule has 2 rings (SSSR count). The quantitative estimate of drug-likeness (QED) is 0.746. The van der Waals surface area contributed by atoms with Crippen molar-refractivity contribution in [2.45, 2.75) is 44.4 Å². The van der Waals surface area contributed by atoms with E-state index in [9.17, 15) is 0 Å². The molecule has 3 atom stereocenters. The molecular formula is C11H21NS. The van der Waals surface area contributed by atoms with E-state index in [1.165, 1.54) is 31.6 Å². The molecule has 2 fully saturated rings. The standard InChI is InChI=1S/C11H21NS/c1-8(10-3-4-10)6-12-11-5-9(2)13-7-11/h8-12H,3-7H2,1-2H3. The minimum absolute atomic E-state index is 0.807. The summed E-state index contributed by atoms with van der Waals surface area (Å²) in [4.78, 5) is 0. The fraction of sp³-hybridized carbons (Fsp3) is 1.00. The highest BCUT2D eigenvalue weighted by Gasteiger charge is 2.29. The average molecular weight is 199 g/mol. The lowest BCUT2D eigenvalue weighted by molar-refractivity contribution is 0.424. The Balaban J connectivity index is 1.61. The third-order valence-electron chi connectivity index (χ3n) is 3.35. The van der Waals surface area contributed by atoms with Crippen molar-refractivity contribution in [2.24, 2.45) is 11.8 Å². The van der Waals surface area contributed by atoms with Gasteiger partial charge >= 0.3 is 0 Å². The number of thioether (sulfide) groups is 1. The zero-order chi connectivity index (χ0) is 9.26. The van der Waals surface area contributed by atoms with E-state index in [-0.39, 0.29) is 0 Å². The molecular weight excluding hydrogens is 178 g/mol. The molecule has 1 aliphatic carbocycles. The lowest BCUT2D eigenvalue weighted by Crippen LogP contribution is -2.33. The fourth-order valence-corrected chi connectivity index (χ4v) is 3.33. The van der Waals surface area contributed by atoms with Gasteiger partial charge in [0.15, 0.2) is 0 Å². The third kappa shape index (κ3) is 2.88. The normalized spacial score (nSPS) is 36.5. The summed E-state index contributed by atoms with van der Waals surface area (Å²) in [7, 11) is 0. The summed E-state index contributed by atoms with van der Waals surface area (Å²) < 4.78 is 0. The Labute approximate surface area is 86.0 Å². The van der Waals surface area contributed by atoms with Crippen molar-refractivity contribution < 1.29 is 0 Å². The van der Waals surface area contributed by atoms with E-state index in [1.54, 1.807) is 0 Å². The first-order valence-corrected chi connectivity index (χ1v) is 6.65. The third-order valence-corrected chi connectivity index (χ3v) is 4.71. The van der Waals surface area contributed by atoms with Crippen molar-refractivity contribution in [3.8, 4) is 0 Å². The Morgan fingerprint density at radius 2 is 2.23 bits per heavy atom. The van der Waals surface area contributed by atoms with Crippen molar-refractivity contribution in [1.29, 1.82) is 0 Å². The molecule has 1 saturated carbocycles. The van der Waals surface area contributed by atoms with Crippen LogP contribution in [0.2, 0.25) is 0 Å². The summed E-state index contributed by atoms with van der Waals surface area (Å²) in [5.74, 6) is 3.30. The van der Waals surface area contributed by atoms with Gasteiger partial charge in [0, 0.05) is 17.0 Å². The Morgan fingerprint density at radius 3 is 2.77 bits per heavy atom. The molecule has 3 unspecified atom stereocenters. The zero-order valence-electron chi connectivity index (χ0n) is 8.75. The van der Waals surface area contributed by atoms with Gasteiger partial charge in [0.1, 0.15) is 0 Å². The monoisotopic (exact) mass is 199 g/mol. The van der Waals surface area contributed by atoms with E-state index in [0.717, 1.165) is 23.1 Å². The first-order chi connectivity index (χ1) is 6.25. The van der Waals surface area contributed by atoms with Gasteiger partial charge in [-0.05, 0) is 37.6 Å². The molecule has 76 valence electrons. The predicted molar refractivity (Wildman–Crippen MR) is 60.2 cm³/mol. The highest BCUT2D eigenvalue weighted by molar-refractivity contribution is 8.00. The van der Waals surface area contributed by atoms with Crippen LogP contribution in [0.25, 0.3) is 0 Å². The van der Waals surface area contributed by atoms with Crippen LogP contribution in [0, 0.1) is 11.8 Å². The van der Waals surface area contributed by atoms with Crippen LogP contribution in [0.5, 0.6) is 0 Å². The summed E-state index contributed by atoms with van der Waals surface area (Å²) in [5, 5.41) is 4.60. The van der Waals surface area contributed by atoms with Crippen LogP contribution in [-0.4, -0.2) is 23.6 Å². The molecule has 0 aromatic heterocycles. The fourth-order valence-electron chi connectivity index (χ4n) is 2.14. The summed E-state index contributed by atoms with van der Waals surface area (Å²) in [6.45, 7) is 6.00. The summed E-state index contributed by atoms with van der Waals surface area (Å²) >= 11 is 2.12. The van der Waals surface area contributed by atoms with Gasteiger partial charge in [-0.25, -0.2) is 0 Å². The highest BCUT2D eigenvalue weighted by Crippen LogP contribution is 2.36. The molecule has 1 nitrogen and oxygen atoms in total. The van der Waals surface area contributed by atoms with Gasteiger partial charge in [-0.3, -0.25) is 0 Å². The van der Waals surface area contributed by atoms with Gasteiger partial charge in [-0.1, -0.05) is 13.8 Å². The molecule has 0 spiro atoms. The van der Waals surface area contributed by atoms with Crippen LogP contribution in [0.1, 0.15) is 33.1 Å². The minimum Gasteiger partial charge on any atom is -0.313 e. The number of hydrogen-bond donors (Lipinski definition) is 1. The van der Waals surface area contributed by atoms with Crippen molar-refractivity contribution in [3.05, 3.63) is 0 Å². The second-order valence-electron chi connectivity index (χ2n) is 4.80. The van der Waals surface area contributed by atoms with Crippen molar-refractivity contribution in [1.82, 2.24) is 5.32 Å². The van der Waals surface area contributed by atoms with Crippen LogP contribution in [0.15, 0.2) is 0 Å². The summed E-state index contributed by atoms with van der Waals surface area (Å²) in [6, 6.07) is 0.807. The van der Waals surface area contributed by atoms with Crippen molar-refractivity contribution in [3.63, 3.8) is 0 Å². The molecule has 1 saturated heterocycles. The number of hydrogen-bond acceptors (Lipinski definition) is 2. The lowest BCUT2D eigenvalue weighted by atomic mass is 10.1. The molecule has 0 aromatic rings. The van der Waals surface area contributed by atoms with Crippen LogP contribution in [-0.2, 0) is 0 Å². The second-order valence-corrected chi connectivity index (χ2v) is 6.27. The second kappa shape index (κ2) is 4.22. The first-order valence-electron chi connectivity index (χ1n) is 5.60. The Bertz CT molecular complexity index is 167.